The summed E-state index contributed by atoms with van der Waals surface area (Å²) in [5.41, 5.74) is 2.04. The molecule has 3 heterocycles. The second kappa shape index (κ2) is 9.39. The highest BCUT2D eigenvalue weighted by atomic mass is 16.6. The van der Waals surface area contributed by atoms with Gasteiger partial charge in [0.05, 0.1) is 32.0 Å². The number of carbonyl (C=O) groups is 2. The molecule has 7 nitrogen and oxygen atoms in total. The van der Waals surface area contributed by atoms with Crippen molar-refractivity contribution in [2.24, 2.45) is 5.92 Å². The maximum Gasteiger partial charge on any atom is 0.414 e. The number of nitrogens with zero attached hydrogens (tertiary/aromatic N) is 2. The number of amides is 1. The zero-order valence-electron chi connectivity index (χ0n) is 18.0. The van der Waals surface area contributed by atoms with Gasteiger partial charge in [-0.15, -0.1) is 0 Å². The van der Waals surface area contributed by atoms with Gasteiger partial charge >= 0.3 is 12.1 Å². The van der Waals surface area contributed by atoms with Crippen LogP contribution in [0.3, 0.4) is 0 Å². The maximum absolute atomic E-state index is 13.3. The molecule has 7 heteroatoms. The first kappa shape index (κ1) is 21.2. The van der Waals surface area contributed by atoms with Gasteiger partial charge in [0.15, 0.2) is 0 Å². The summed E-state index contributed by atoms with van der Waals surface area (Å²) in [7, 11) is 2.95. The fourth-order valence-electron chi connectivity index (χ4n) is 4.32. The molecule has 0 N–H and O–H groups in total. The van der Waals surface area contributed by atoms with Gasteiger partial charge in [0.2, 0.25) is 0 Å². The molecule has 0 saturated carbocycles. The van der Waals surface area contributed by atoms with E-state index in [-0.39, 0.29) is 12.2 Å². The van der Waals surface area contributed by atoms with E-state index in [9.17, 15) is 9.59 Å². The minimum atomic E-state index is -0.391. The summed E-state index contributed by atoms with van der Waals surface area (Å²) in [6.45, 7) is 3.29. The summed E-state index contributed by atoms with van der Waals surface area (Å²) in [5.74, 6) is 0.706. The lowest BCUT2D eigenvalue weighted by Crippen LogP contribution is -2.53. The Kier molecular flexibility index (Phi) is 6.42. The normalized spacial score (nSPS) is 21.9. The Labute approximate surface area is 182 Å². The summed E-state index contributed by atoms with van der Waals surface area (Å²) in [4.78, 5) is 29.0. The quantitative estimate of drug-likeness (QED) is 0.659. The Morgan fingerprint density at radius 2 is 1.81 bits per heavy atom. The molecule has 2 aromatic carbocycles. The van der Waals surface area contributed by atoms with Gasteiger partial charge in [-0.2, -0.15) is 0 Å². The largest absolute Gasteiger partial charge is 0.497 e. The van der Waals surface area contributed by atoms with E-state index >= 15 is 0 Å². The van der Waals surface area contributed by atoms with Crippen LogP contribution in [0.5, 0.6) is 5.75 Å². The van der Waals surface area contributed by atoms with Crippen LogP contribution in [0.25, 0.3) is 0 Å². The lowest BCUT2D eigenvalue weighted by Gasteiger charge is -2.44. The van der Waals surface area contributed by atoms with Crippen molar-refractivity contribution in [2.45, 2.75) is 25.5 Å². The fraction of sp³-hybridized carbons (Fsp3) is 0.417. The van der Waals surface area contributed by atoms with Crippen molar-refractivity contribution in [3.05, 3.63) is 59.7 Å². The lowest BCUT2D eigenvalue weighted by atomic mass is 9.86. The van der Waals surface area contributed by atoms with Gasteiger partial charge in [0.25, 0.3) is 0 Å². The number of piperidine rings is 3. The Hall–Kier alpha value is -3.06. The zero-order valence-corrected chi connectivity index (χ0v) is 18.0. The van der Waals surface area contributed by atoms with E-state index in [1.807, 2.05) is 36.4 Å². The monoisotopic (exact) mass is 424 g/mol. The molecule has 3 aliphatic rings. The van der Waals surface area contributed by atoms with Crippen LogP contribution in [0.2, 0.25) is 0 Å². The third-order valence-electron chi connectivity index (χ3n) is 6.15. The molecular weight excluding hydrogens is 396 g/mol. The zero-order chi connectivity index (χ0) is 21.8. The number of esters is 1. The standard InChI is InChI=1S/C24H28N2O5/c1-29-21-5-3-4-20(14-21)26(15-17-6-8-19(9-7-17)23(27)30-2)24(28)31-22-16-25-12-10-18(22)11-13-25/h3-9,14,18,22H,10-13,15-16H2,1-2H3. The van der Waals surface area contributed by atoms with E-state index in [1.54, 1.807) is 24.1 Å². The minimum absolute atomic E-state index is 0.0789. The summed E-state index contributed by atoms with van der Waals surface area (Å²) >= 11 is 0. The van der Waals surface area contributed by atoms with Crippen LogP contribution in [0, 0.1) is 5.92 Å². The van der Waals surface area contributed by atoms with E-state index in [0.29, 0.717) is 29.5 Å². The highest BCUT2D eigenvalue weighted by Crippen LogP contribution is 2.31. The number of ether oxygens (including phenoxy) is 3. The Balaban J connectivity index is 1.55. The average molecular weight is 424 g/mol. The molecule has 0 aromatic heterocycles. The molecule has 1 atom stereocenters. The number of benzene rings is 2. The molecule has 3 aliphatic heterocycles. The van der Waals surface area contributed by atoms with Crippen LogP contribution >= 0.6 is 0 Å². The first-order valence-corrected chi connectivity index (χ1v) is 10.6. The fourth-order valence-corrected chi connectivity index (χ4v) is 4.32. The van der Waals surface area contributed by atoms with Crippen molar-refractivity contribution < 1.29 is 23.8 Å². The second-order valence-corrected chi connectivity index (χ2v) is 8.04. The van der Waals surface area contributed by atoms with E-state index in [1.165, 1.54) is 7.11 Å². The first-order valence-electron chi connectivity index (χ1n) is 10.6. The number of hydrogen-bond donors (Lipinski definition) is 0. The number of fused-ring (bicyclic) bond motifs is 3. The number of rotatable bonds is 6. The minimum Gasteiger partial charge on any atom is -0.497 e. The lowest BCUT2D eigenvalue weighted by molar-refractivity contribution is -0.0311. The molecule has 0 radical (unpaired) electrons. The van der Waals surface area contributed by atoms with Crippen LogP contribution in [0.15, 0.2) is 48.5 Å². The molecule has 164 valence electrons. The van der Waals surface area contributed by atoms with E-state index in [2.05, 4.69) is 4.90 Å². The molecule has 3 saturated heterocycles. The molecule has 5 rings (SSSR count). The van der Waals surface area contributed by atoms with Gasteiger partial charge in [0, 0.05) is 12.6 Å². The summed E-state index contributed by atoms with van der Waals surface area (Å²) in [5, 5.41) is 0. The van der Waals surface area contributed by atoms with Crippen LogP contribution in [-0.4, -0.2) is 56.9 Å². The highest BCUT2D eigenvalue weighted by molar-refractivity contribution is 5.90. The number of carbonyl (C=O) groups excluding carboxylic acids is 2. The van der Waals surface area contributed by atoms with Crippen LogP contribution in [0.1, 0.15) is 28.8 Å². The SMILES string of the molecule is COC(=O)c1ccc(CN(C(=O)OC2CN3CCC2CC3)c2cccc(OC)c2)cc1. The molecule has 0 spiro atoms. The number of hydrogen-bond acceptors (Lipinski definition) is 6. The van der Waals surface area contributed by atoms with Gasteiger partial charge in [-0.3, -0.25) is 9.80 Å². The van der Waals surface area contributed by atoms with Crippen LogP contribution in [-0.2, 0) is 16.0 Å². The predicted molar refractivity (Wildman–Crippen MR) is 116 cm³/mol. The summed E-state index contributed by atoms with van der Waals surface area (Å²) in [6.07, 6.45) is 1.70. The van der Waals surface area contributed by atoms with E-state index in [4.69, 9.17) is 14.2 Å². The molecule has 31 heavy (non-hydrogen) atoms. The third kappa shape index (κ3) is 4.82. The molecule has 2 aromatic rings. The maximum atomic E-state index is 13.3. The molecular formula is C24H28N2O5. The van der Waals surface area contributed by atoms with Crippen molar-refractivity contribution in [3.63, 3.8) is 0 Å². The van der Waals surface area contributed by atoms with Crippen molar-refractivity contribution in [2.75, 3.05) is 38.8 Å². The number of anilines is 1. The number of methoxy groups -OCH3 is 2. The first-order chi connectivity index (χ1) is 15.1. The Morgan fingerprint density at radius 3 is 2.42 bits per heavy atom. The molecule has 0 aliphatic carbocycles. The van der Waals surface area contributed by atoms with Gasteiger partial charge in [-0.1, -0.05) is 18.2 Å². The average Bonchev–Trinajstić information content (AvgIpc) is 2.83. The van der Waals surface area contributed by atoms with Gasteiger partial charge < -0.3 is 14.2 Å². The van der Waals surface area contributed by atoms with Crippen LogP contribution < -0.4 is 9.64 Å². The van der Waals surface area contributed by atoms with Crippen LogP contribution in [0.4, 0.5) is 10.5 Å². The summed E-state index contributed by atoms with van der Waals surface area (Å²) < 4.78 is 16.1. The topological polar surface area (TPSA) is 68.3 Å². The smallest absolute Gasteiger partial charge is 0.414 e. The summed E-state index contributed by atoms with van der Waals surface area (Å²) in [6, 6.07) is 14.4. The Morgan fingerprint density at radius 1 is 1.06 bits per heavy atom. The van der Waals surface area contributed by atoms with Crippen molar-refractivity contribution >= 4 is 17.7 Å². The third-order valence-corrected chi connectivity index (χ3v) is 6.15. The van der Waals surface area contributed by atoms with Gasteiger partial charge in [0.1, 0.15) is 11.9 Å². The molecule has 1 unspecified atom stereocenters. The van der Waals surface area contributed by atoms with Gasteiger partial charge in [-0.05, 0) is 61.7 Å². The van der Waals surface area contributed by atoms with E-state index in [0.717, 1.165) is 38.0 Å². The Bertz CT molecular complexity index is 922. The molecule has 2 bridgehead atoms. The van der Waals surface area contributed by atoms with Gasteiger partial charge in [-0.25, -0.2) is 9.59 Å². The second-order valence-electron chi connectivity index (χ2n) is 8.04. The highest BCUT2D eigenvalue weighted by Gasteiger charge is 2.37. The van der Waals surface area contributed by atoms with E-state index < -0.39 is 5.97 Å². The van der Waals surface area contributed by atoms with Crippen molar-refractivity contribution in [3.8, 4) is 5.75 Å². The predicted octanol–water partition coefficient (Wildman–Crippen LogP) is 3.72. The van der Waals surface area contributed by atoms with Crippen molar-refractivity contribution in [1.29, 1.82) is 0 Å². The molecule has 1 amide bonds. The molecule has 3 fully saturated rings. The van der Waals surface area contributed by atoms with Crippen molar-refractivity contribution in [1.82, 2.24) is 4.90 Å².